The van der Waals surface area contributed by atoms with Crippen LogP contribution in [0.1, 0.15) is 25.3 Å². The molecule has 0 bridgehead atoms. The lowest BCUT2D eigenvalue weighted by Crippen LogP contribution is -2.00. The molecule has 16 heavy (non-hydrogen) atoms. The van der Waals surface area contributed by atoms with Gasteiger partial charge in [-0.05, 0) is 18.6 Å². The molecule has 3 heteroatoms. The van der Waals surface area contributed by atoms with Gasteiger partial charge < -0.3 is 10.1 Å². The molecule has 0 aromatic carbocycles. The number of nitrogens with one attached hydrogen (secondary N) is 1. The zero-order valence-electron chi connectivity index (χ0n) is 9.20. The van der Waals surface area contributed by atoms with Gasteiger partial charge in [0, 0.05) is 17.8 Å². The van der Waals surface area contributed by atoms with Crippen molar-refractivity contribution in [2.24, 2.45) is 0 Å². The average molecular weight is 214 g/mol. The van der Waals surface area contributed by atoms with Gasteiger partial charge in [-0.2, -0.15) is 0 Å². The van der Waals surface area contributed by atoms with Crippen molar-refractivity contribution in [1.82, 2.24) is 9.97 Å². The second-order valence-corrected chi connectivity index (χ2v) is 3.68. The first-order valence-corrected chi connectivity index (χ1v) is 5.43. The zero-order valence-corrected chi connectivity index (χ0v) is 9.20. The minimum atomic E-state index is -0.536. The minimum absolute atomic E-state index is 0.536. The first-order chi connectivity index (χ1) is 7.81. The maximum atomic E-state index is 9.52. The molecule has 82 valence electrons. The summed E-state index contributed by atoms with van der Waals surface area (Å²) < 4.78 is 0. The maximum absolute atomic E-state index is 9.52. The van der Waals surface area contributed by atoms with Gasteiger partial charge >= 0.3 is 0 Å². The Hall–Kier alpha value is -1.79. The molecular formula is C13H14N2O. The third kappa shape index (κ3) is 2.23. The molecule has 0 aliphatic rings. The Kier molecular flexibility index (Phi) is 3.23. The summed E-state index contributed by atoms with van der Waals surface area (Å²) in [6.45, 7) is 2.03. The predicted octanol–water partition coefficient (Wildman–Crippen LogP) is 2.08. The number of aliphatic hydroxyl groups is 1. The fourth-order valence-corrected chi connectivity index (χ4v) is 1.57. The summed E-state index contributed by atoms with van der Waals surface area (Å²) in [6.07, 6.45) is 4.68. The summed E-state index contributed by atoms with van der Waals surface area (Å²) in [4.78, 5) is 7.23. The summed E-state index contributed by atoms with van der Waals surface area (Å²) in [6, 6.07) is 3.85. The van der Waals surface area contributed by atoms with E-state index in [0.29, 0.717) is 6.42 Å². The van der Waals surface area contributed by atoms with Crippen LogP contribution >= 0.6 is 0 Å². The highest BCUT2D eigenvalue weighted by Gasteiger charge is 2.01. The van der Waals surface area contributed by atoms with E-state index in [9.17, 15) is 5.11 Å². The average Bonchev–Trinajstić information content (AvgIpc) is 2.70. The lowest BCUT2D eigenvalue weighted by molar-refractivity contribution is 0.221. The fraction of sp³-hybridized carbons (Fsp3) is 0.308. The van der Waals surface area contributed by atoms with Gasteiger partial charge in [-0.25, -0.2) is 4.98 Å². The SMILES string of the molecule is CCCC(O)C#Cc1c[nH]c2ncccc12. The summed E-state index contributed by atoms with van der Waals surface area (Å²) in [7, 11) is 0. The zero-order chi connectivity index (χ0) is 11.4. The van der Waals surface area contributed by atoms with Crippen molar-refractivity contribution in [1.29, 1.82) is 0 Å². The molecule has 2 rings (SSSR count). The number of aromatic nitrogens is 2. The number of nitrogens with zero attached hydrogens (tertiary/aromatic N) is 1. The normalized spacial score (nSPS) is 12.1. The van der Waals surface area contributed by atoms with E-state index in [2.05, 4.69) is 21.8 Å². The molecule has 3 nitrogen and oxygen atoms in total. The second kappa shape index (κ2) is 4.82. The van der Waals surface area contributed by atoms with E-state index in [4.69, 9.17) is 0 Å². The van der Waals surface area contributed by atoms with E-state index in [-0.39, 0.29) is 0 Å². The van der Waals surface area contributed by atoms with E-state index in [0.717, 1.165) is 23.0 Å². The predicted molar refractivity (Wildman–Crippen MR) is 63.9 cm³/mol. The summed E-state index contributed by atoms with van der Waals surface area (Å²) in [5.41, 5.74) is 1.72. The smallest absolute Gasteiger partial charge is 0.138 e. The van der Waals surface area contributed by atoms with E-state index < -0.39 is 6.10 Å². The van der Waals surface area contributed by atoms with Crippen LogP contribution in [0.3, 0.4) is 0 Å². The van der Waals surface area contributed by atoms with Gasteiger partial charge in [-0.1, -0.05) is 25.2 Å². The molecule has 2 heterocycles. The third-order valence-electron chi connectivity index (χ3n) is 2.39. The van der Waals surface area contributed by atoms with Crippen LogP contribution in [-0.4, -0.2) is 21.2 Å². The standard InChI is InChI=1S/C13H14N2O/c1-2-4-11(16)7-6-10-9-15-13-12(10)5-3-8-14-13/h3,5,8-9,11,16H,2,4H2,1H3,(H,14,15). The molecule has 2 N–H and O–H groups in total. The number of H-pyrrole nitrogens is 1. The molecule has 2 aromatic rings. The van der Waals surface area contributed by atoms with Gasteiger partial charge in [0.2, 0.25) is 0 Å². The number of hydrogen-bond donors (Lipinski definition) is 2. The number of pyridine rings is 1. The quantitative estimate of drug-likeness (QED) is 0.752. The molecule has 0 fully saturated rings. The molecular weight excluding hydrogens is 200 g/mol. The Morgan fingerprint density at radius 1 is 1.56 bits per heavy atom. The van der Waals surface area contributed by atoms with Crippen LogP contribution in [-0.2, 0) is 0 Å². The number of aromatic amines is 1. The monoisotopic (exact) mass is 214 g/mol. The van der Waals surface area contributed by atoms with Crippen LogP contribution in [0.5, 0.6) is 0 Å². The Morgan fingerprint density at radius 2 is 2.44 bits per heavy atom. The van der Waals surface area contributed by atoms with Crippen molar-refractivity contribution in [3.63, 3.8) is 0 Å². The molecule has 2 aromatic heterocycles. The van der Waals surface area contributed by atoms with Crippen molar-refractivity contribution < 1.29 is 5.11 Å². The highest BCUT2D eigenvalue weighted by Crippen LogP contribution is 2.14. The van der Waals surface area contributed by atoms with Crippen LogP contribution in [0.15, 0.2) is 24.5 Å². The van der Waals surface area contributed by atoms with Gasteiger partial charge in [0.05, 0.1) is 5.56 Å². The fourth-order valence-electron chi connectivity index (χ4n) is 1.57. The molecule has 1 atom stereocenters. The van der Waals surface area contributed by atoms with Crippen LogP contribution in [0.4, 0.5) is 0 Å². The van der Waals surface area contributed by atoms with Crippen LogP contribution in [0, 0.1) is 11.8 Å². The number of aliphatic hydroxyl groups excluding tert-OH is 1. The van der Waals surface area contributed by atoms with Crippen LogP contribution in [0.2, 0.25) is 0 Å². The van der Waals surface area contributed by atoms with E-state index in [1.54, 1.807) is 6.20 Å². The third-order valence-corrected chi connectivity index (χ3v) is 2.39. The summed E-state index contributed by atoms with van der Waals surface area (Å²) in [5, 5.41) is 10.5. The second-order valence-electron chi connectivity index (χ2n) is 3.68. The first kappa shape index (κ1) is 10.7. The van der Waals surface area contributed by atoms with Crippen LogP contribution < -0.4 is 0 Å². The first-order valence-electron chi connectivity index (χ1n) is 5.43. The molecule has 0 radical (unpaired) electrons. The van der Waals surface area contributed by atoms with Gasteiger partial charge in [0.25, 0.3) is 0 Å². The van der Waals surface area contributed by atoms with Crippen molar-refractivity contribution >= 4 is 11.0 Å². The van der Waals surface area contributed by atoms with Gasteiger partial charge in [0.15, 0.2) is 0 Å². The molecule has 0 amide bonds. The topological polar surface area (TPSA) is 48.9 Å². The minimum Gasteiger partial charge on any atom is -0.380 e. The maximum Gasteiger partial charge on any atom is 0.138 e. The van der Waals surface area contributed by atoms with E-state index in [1.165, 1.54) is 0 Å². The van der Waals surface area contributed by atoms with Crippen molar-refractivity contribution in [2.75, 3.05) is 0 Å². The molecule has 0 aliphatic heterocycles. The summed E-state index contributed by atoms with van der Waals surface area (Å²) in [5.74, 6) is 5.82. The highest BCUT2D eigenvalue weighted by molar-refractivity contribution is 5.82. The molecule has 0 aliphatic carbocycles. The largest absolute Gasteiger partial charge is 0.380 e. The Bertz CT molecular complexity index is 533. The lowest BCUT2D eigenvalue weighted by atomic mass is 10.2. The van der Waals surface area contributed by atoms with E-state index in [1.807, 2.05) is 25.3 Å². The molecule has 0 spiro atoms. The Balaban J connectivity index is 2.27. The summed E-state index contributed by atoms with van der Waals surface area (Å²) >= 11 is 0. The Labute approximate surface area is 94.5 Å². The van der Waals surface area contributed by atoms with Crippen molar-refractivity contribution in [3.8, 4) is 11.8 Å². The number of hydrogen-bond acceptors (Lipinski definition) is 2. The Morgan fingerprint density at radius 3 is 3.25 bits per heavy atom. The number of rotatable bonds is 2. The van der Waals surface area contributed by atoms with Gasteiger partial charge in [-0.3, -0.25) is 0 Å². The van der Waals surface area contributed by atoms with E-state index >= 15 is 0 Å². The van der Waals surface area contributed by atoms with Crippen molar-refractivity contribution in [2.45, 2.75) is 25.9 Å². The number of fused-ring (bicyclic) bond motifs is 1. The van der Waals surface area contributed by atoms with Crippen molar-refractivity contribution in [3.05, 3.63) is 30.1 Å². The van der Waals surface area contributed by atoms with Gasteiger partial charge in [0.1, 0.15) is 11.8 Å². The molecule has 0 saturated carbocycles. The van der Waals surface area contributed by atoms with Crippen LogP contribution in [0.25, 0.3) is 11.0 Å². The van der Waals surface area contributed by atoms with Gasteiger partial charge in [-0.15, -0.1) is 0 Å². The highest BCUT2D eigenvalue weighted by atomic mass is 16.3. The lowest BCUT2D eigenvalue weighted by Gasteiger charge is -1.97. The molecule has 0 saturated heterocycles. The molecule has 1 unspecified atom stereocenters.